The van der Waals surface area contributed by atoms with Crippen molar-refractivity contribution < 1.29 is 28.8 Å². The maximum Gasteiger partial charge on any atom is 1.00 e. The molecule has 4 nitrogen and oxygen atoms in total. The molecule has 0 aliphatic carbocycles. The van der Waals surface area contributed by atoms with Crippen LogP contribution in [0.15, 0.2) is 18.2 Å². The minimum Gasteiger partial charge on any atom is -0.545 e. The van der Waals surface area contributed by atoms with E-state index in [1.54, 1.807) is 12.1 Å². The Morgan fingerprint density at radius 1 is 1.24 bits per heavy atom. The van der Waals surface area contributed by atoms with E-state index >= 15 is 0 Å². The maximum absolute atomic E-state index is 10.9. The SMILES string of the molecule is Cc1cc(C(=O)[O-])ccc1N1CC2(CCN(C)CC2)C1.[Li+]. The molecule has 0 unspecified atom stereocenters. The number of hydrogen-bond acceptors (Lipinski definition) is 4. The number of rotatable bonds is 2. The zero-order valence-corrected chi connectivity index (χ0v) is 13.2. The Hall–Kier alpha value is -0.953. The molecule has 3 rings (SSSR count). The number of piperidine rings is 1. The van der Waals surface area contributed by atoms with Crippen LogP contribution < -0.4 is 28.9 Å². The summed E-state index contributed by atoms with van der Waals surface area (Å²) in [5.74, 6) is -1.10. The molecule has 2 heterocycles. The Balaban J connectivity index is 0.00000161. The van der Waals surface area contributed by atoms with Gasteiger partial charge in [0, 0.05) is 24.2 Å². The molecule has 2 fully saturated rings. The van der Waals surface area contributed by atoms with E-state index in [0.29, 0.717) is 5.41 Å². The van der Waals surface area contributed by atoms with Crippen molar-refractivity contribution in [1.29, 1.82) is 0 Å². The Bertz CT molecular complexity index is 531. The topological polar surface area (TPSA) is 46.6 Å². The molecule has 2 saturated heterocycles. The number of carbonyl (C=O) groups is 1. The van der Waals surface area contributed by atoms with E-state index in [9.17, 15) is 9.90 Å². The summed E-state index contributed by atoms with van der Waals surface area (Å²) in [6.07, 6.45) is 2.55. The van der Waals surface area contributed by atoms with E-state index in [1.807, 2.05) is 13.0 Å². The number of hydrogen-bond donors (Lipinski definition) is 0. The first-order chi connectivity index (χ1) is 9.49. The monoisotopic (exact) mass is 280 g/mol. The van der Waals surface area contributed by atoms with Crippen molar-refractivity contribution in [2.24, 2.45) is 5.41 Å². The van der Waals surface area contributed by atoms with Crippen LogP contribution in [0.25, 0.3) is 0 Å². The molecule has 0 atom stereocenters. The van der Waals surface area contributed by atoms with E-state index in [4.69, 9.17) is 0 Å². The van der Waals surface area contributed by atoms with E-state index in [-0.39, 0.29) is 24.4 Å². The summed E-state index contributed by atoms with van der Waals surface area (Å²) in [6, 6.07) is 5.28. The number of anilines is 1. The number of nitrogens with zero attached hydrogens (tertiary/aromatic N) is 2. The largest absolute Gasteiger partial charge is 1.00 e. The van der Waals surface area contributed by atoms with Gasteiger partial charge in [0.25, 0.3) is 0 Å². The molecule has 0 bridgehead atoms. The van der Waals surface area contributed by atoms with Gasteiger partial charge in [-0.1, -0.05) is 6.07 Å². The van der Waals surface area contributed by atoms with E-state index in [2.05, 4.69) is 16.8 Å². The molecule has 21 heavy (non-hydrogen) atoms. The fraction of sp³-hybridized carbons (Fsp3) is 0.562. The van der Waals surface area contributed by atoms with Gasteiger partial charge in [0.1, 0.15) is 0 Å². The van der Waals surface area contributed by atoms with Gasteiger partial charge in [-0.05, 0) is 63.2 Å². The molecule has 0 radical (unpaired) electrons. The summed E-state index contributed by atoms with van der Waals surface area (Å²) in [4.78, 5) is 15.6. The molecular weight excluding hydrogens is 259 g/mol. The average molecular weight is 280 g/mol. The first-order valence-corrected chi connectivity index (χ1v) is 7.25. The summed E-state index contributed by atoms with van der Waals surface area (Å²) in [6.45, 7) is 6.56. The van der Waals surface area contributed by atoms with Gasteiger partial charge < -0.3 is 19.7 Å². The van der Waals surface area contributed by atoms with Gasteiger partial charge in [-0.2, -0.15) is 0 Å². The molecule has 0 aromatic heterocycles. The summed E-state index contributed by atoms with van der Waals surface area (Å²) in [7, 11) is 2.19. The zero-order valence-electron chi connectivity index (χ0n) is 13.2. The summed E-state index contributed by atoms with van der Waals surface area (Å²) in [5, 5.41) is 10.9. The van der Waals surface area contributed by atoms with Crippen LogP contribution in [-0.4, -0.2) is 44.1 Å². The van der Waals surface area contributed by atoms with Crippen LogP contribution in [0, 0.1) is 12.3 Å². The fourth-order valence-electron chi connectivity index (χ4n) is 3.48. The van der Waals surface area contributed by atoms with Crippen molar-refractivity contribution in [1.82, 2.24) is 4.90 Å². The molecule has 1 spiro atoms. The Morgan fingerprint density at radius 2 is 1.86 bits per heavy atom. The van der Waals surface area contributed by atoms with Crippen LogP contribution in [0.4, 0.5) is 5.69 Å². The minimum atomic E-state index is -1.10. The molecule has 1 aromatic carbocycles. The Morgan fingerprint density at radius 3 is 2.38 bits per heavy atom. The molecule has 108 valence electrons. The molecular formula is C16H21LiN2O2. The van der Waals surface area contributed by atoms with Crippen molar-refractivity contribution in [3.8, 4) is 0 Å². The number of likely N-dealkylation sites (tertiary alicyclic amines) is 1. The number of aryl methyl sites for hydroxylation is 1. The van der Waals surface area contributed by atoms with Crippen molar-refractivity contribution >= 4 is 11.7 Å². The predicted molar refractivity (Wildman–Crippen MR) is 76.9 cm³/mol. The predicted octanol–water partition coefficient (Wildman–Crippen LogP) is -2.11. The standard InChI is InChI=1S/C16H22N2O2.Li/c1-12-9-13(15(19)20)3-4-14(12)18-10-16(11-18)5-7-17(2)8-6-16;/h3-4,9H,5-8,10-11H2,1-2H3,(H,19,20);/q;+1/p-1. The third kappa shape index (κ3) is 3.13. The summed E-state index contributed by atoms with van der Waals surface area (Å²) >= 11 is 0. The normalized spacial score (nSPS) is 20.8. The second-order valence-electron chi connectivity index (χ2n) is 6.45. The van der Waals surface area contributed by atoms with Gasteiger partial charge >= 0.3 is 18.9 Å². The van der Waals surface area contributed by atoms with Crippen LogP contribution in [0.1, 0.15) is 28.8 Å². The molecule has 2 aliphatic rings. The fourth-order valence-corrected chi connectivity index (χ4v) is 3.48. The maximum atomic E-state index is 10.9. The van der Waals surface area contributed by atoms with Crippen LogP contribution >= 0.6 is 0 Å². The third-order valence-corrected chi connectivity index (χ3v) is 4.87. The molecule has 0 N–H and O–H groups in total. The zero-order chi connectivity index (χ0) is 14.3. The van der Waals surface area contributed by atoms with Crippen LogP contribution in [-0.2, 0) is 0 Å². The van der Waals surface area contributed by atoms with Gasteiger partial charge in [0.15, 0.2) is 0 Å². The van der Waals surface area contributed by atoms with Crippen LogP contribution in [0.3, 0.4) is 0 Å². The van der Waals surface area contributed by atoms with E-state index in [1.165, 1.54) is 31.6 Å². The number of benzene rings is 1. The second kappa shape index (κ2) is 6.04. The molecule has 0 saturated carbocycles. The van der Waals surface area contributed by atoms with Gasteiger partial charge in [-0.25, -0.2) is 0 Å². The summed E-state index contributed by atoms with van der Waals surface area (Å²) in [5.41, 5.74) is 2.95. The van der Waals surface area contributed by atoms with Gasteiger partial charge in [-0.3, -0.25) is 0 Å². The van der Waals surface area contributed by atoms with Gasteiger partial charge in [0.2, 0.25) is 0 Å². The number of carboxylic acids is 1. The average Bonchev–Trinajstić information content (AvgIpc) is 2.38. The molecule has 2 aliphatic heterocycles. The molecule has 5 heteroatoms. The third-order valence-electron chi connectivity index (χ3n) is 4.87. The molecule has 1 aromatic rings. The Kier molecular flexibility index (Phi) is 4.72. The number of aromatic carboxylic acids is 1. The first kappa shape index (κ1) is 16.4. The van der Waals surface area contributed by atoms with Crippen molar-refractivity contribution in [2.45, 2.75) is 19.8 Å². The molecule has 0 amide bonds. The smallest absolute Gasteiger partial charge is 0.545 e. The quantitative estimate of drug-likeness (QED) is 0.582. The number of carboxylic acid groups (broad SMARTS) is 1. The van der Waals surface area contributed by atoms with Gasteiger partial charge in [0.05, 0.1) is 5.97 Å². The van der Waals surface area contributed by atoms with Crippen LogP contribution in [0.5, 0.6) is 0 Å². The van der Waals surface area contributed by atoms with E-state index in [0.717, 1.165) is 18.7 Å². The second-order valence-corrected chi connectivity index (χ2v) is 6.45. The van der Waals surface area contributed by atoms with Crippen molar-refractivity contribution in [3.63, 3.8) is 0 Å². The van der Waals surface area contributed by atoms with Crippen molar-refractivity contribution in [3.05, 3.63) is 29.3 Å². The first-order valence-electron chi connectivity index (χ1n) is 7.25. The van der Waals surface area contributed by atoms with E-state index < -0.39 is 5.97 Å². The Labute approximate surface area is 138 Å². The summed E-state index contributed by atoms with van der Waals surface area (Å²) < 4.78 is 0. The van der Waals surface area contributed by atoms with Crippen LogP contribution in [0.2, 0.25) is 0 Å². The van der Waals surface area contributed by atoms with Crippen molar-refractivity contribution in [2.75, 3.05) is 38.1 Å². The van der Waals surface area contributed by atoms with Gasteiger partial charge in [-0.15, -0.1) is 0 Å². The minimum absolute atomic E-state index is 0. The number of carbonyl (C=O) groups excluding carboxylic acids is 1.